The largest absolute Gasteiger partial charge is 0.326 e. The van der Waals surface area contributed by atoms with Gasteiger partial charge < -0.3 is 10.3 Å². The van der Waals surface area contributed by atoms with Gasteiger partial charge in [-0.2, -0.15) is 0 Å². The van der Waals surface area contributed by atoms with Gasteiger partial charge in [0.05, 0.1) is 12.2 Å². The van der Waals surface area contributed by atoms with Gasteiger partial charge in [0.25, 0.3) is 5.56 Å². The van der Waals surface area contributed by atoms with Crippen LogP contribution < -0.4 is 11.3 Å². The number of rotatable bonds is 4. The normalized spacial score (nSPS) is 10.9. The Morgan fingerprint density at radius 3 is 2.76 bits per heavy atom. The molecular formula is C13H15FN2O. The zero-order valence-electron chi connectivity index (χ0n) is 9.53. The summed E-state index contributed by atoms with van der Waals surface area (Å²) in [4.78, 5) is 12.1. The van der Waals surface area contributed by atoms with Crippen LogP contribution in [0.3, 0.4) is 0 Å². The Bertz CT molecular complexity index is 577. The van der Waals surface area contributed by atoms with E-state index in [2.05, 4.69) is 0 Å². The summed E-state index contributed by atoms with van der Waals surface area (Å²) in [6, 6.07) is 9.39. The number of nitrogens with two attached hydrogens (primary N) is 1. The van der Waals surface area contributed by atoms with Gasteiger partial charge in [0.1, 0.15) is 0 Å². The maximum atomic E-state index is 12.3. The van der Waals surface area contributed by atoms with E-state index in [-0.39, 0.29) is 12.1 Å². The van der Waals surface area contributed by atoms with Gasteiger partial charge in [-0.05, 0) is 23.9 Å². The maximum absolute atomic E-state index is 12.3. The van der Waals surface area contributed by atoms with Gasteiger partial charge in [0.2, 0.25) is 0 Å². The predicted octanol–water partition coefficient (Wildman–Crippen LogP) is 1.82. The standard InChI is InChI=1S/C13H15FN2O/c14-6-3-7-16-12-5-2-1-4-10(12)8-11(9-15)13(16)17/h1-2,4-5,8H,3,6-7,9,15H2. The molecule has 2 aromatic rings. The first-order valence-corrected chi connectivity index (χ1v) is 5.65. The van der Waals surface area contributed by atoms with Crippen molar-refractivity contribution >= 4 is 10.9 Å². The first kappa shape index (κ1) is 11.8. The molecule has 4 heteroatoms. The fourth-order valence-corrected chi connectivity index (χ4v) is 1.97. The maximum Gasteiger partial charge on any atom is 0.255 e. The lowest BCUT2D eigenvalue weighted by Gasteiger charge is -2.11. The van der Waals surface area contributed by atoms with Gasteiger partial charge in [0, 0.05) is 18.7 Å². The van der Waals surface area contributed by atoms with E-state index in [1.807, 2.05) is 30.3 Å². The summed E-state index contributed by atoms with van der Waals surface area (Å²) in [6.07, 6.45) is 0.345. The number of hydrogen-bond donors (Lipinski definition) is 1. The second-order valence-corrected chi connectivity index (χ2v) is 3.93. The lowest BCUT2D eigenvalue weighted by molar-refractivity contribution is 0.446. The van der Waals surface area contributed by atoms with Crippen LogP contribution in [0.15, 0.2) is 35.1 Å². The quantitative estimate of drug-likeness (QED) is 0.877. The van der Waals surface area contributed by atoms with Crippen molar-refractivity contribution in [2.45, 2.75) is 19.5 Å². The molecule has 0 spiro atoms. The van der Waals surface area contributed by atoms with Gasteiger partial charge in [-0.25, -0.2) is 0 Å². The average molecular weight is 234 g/mol. The molecule has 0 fully saturated rings. The predicted molar refractivity (Wildman–Crippen MR) is 66.7 cm³/mol. The van der Waals surface area contributed by atoms with Crippen molar-refractivity contribution in [3.63, 3.8) is 0 Å². The monoisotopic (exact) mass is 234 g/mol. The number of hydrogen-bond acceptors (Lipinski definition) is 2. The van der Waals surface area contributed by atoms with Gasteiger partial charge in [-0.1, -0.05) is 18.2 Å². The number of halogens is 1. The molecule has 1 heterocycles. The number of para-hydroxylation sites is 1. The Balaban J connectivity index is 2.66. The summed E-state index contributed by atoms with van der Waals surface area (Å²) in [5.41, 5.74) is 6.85. The topological polar surface area (TPSA) is 48.0 Å². The second-order valence-electron chi connectivity index (χ2n) is 3.93. The number of aromatic nitrogens is 1. The molecule has 0 saturated carbocycles. The summed E-state index contributed by atoms with van der Waals surface area (Å²) in [5.74, 6) is 0. The Morgan fingerprint density at radius 2 is 2.06 bits per heavy atom. The third kappa shape index (κ3) is 2.22. The van der Waals surface area contributed by atoms with Crippen LogP contribution in [-0.4, -0.2) is 11.2 Å². The molecule has 2 rings (SSSR count). The minimum absolute atomic E-state index is 0.111. The minimum Gasteiger partial charge on any atom is -0.326 e. The lowest BCUT2D eigenvalue weighted by atomic mass is 10.1. The highest BCUT2D eigenvalue weighted by Gasteiger charge is 2.07. The number of fused-ring (bicyclic) bond motifs is 1. The molecule has 17 heavy (non-hydrogen) atoms. The third-order valence-corrected chi connectivity index (χ3v) is 2.81. The molecule has 0 radical (unpaired) electrons. The van der Waals surface area contributed by atoms with E-state index < -0.39 is 6.67 Å². The molecule has 0 aliphatic heterocycles. The molecule has 0 aliphatic rings. The van der Waals surface area contributed by atoms with Gasteiger partial charge in [0.15, 0.2) is 0 Å². The number of alkyl halides is 1. The van der Waals surface area contributed by atoms with Crippen LogP contribution in [0.4, 0.5) is 4.39 Å². The second kappa shape index (κ2) is 5.10. The van der Waals surface area contributed by atoms with E-state index in [1.54, 1.807) is 4.57 Å². The summed E-state index contributed by atoms with van der Waals surface area (Å²) in [5, 5.41) is 0.964. The van der Waals surface area contributed by atoms with Crippen molar-refractivity contribution in [2.75, 3.05) is 6.67 Å². The average Bonchev–Trinajstić information content (AvgIpc) is 2.37. The van der Waals surface area contributed by atoms with E-state index in [4.69, 9.17) is 5.73 Å². The summed E-state index contributed by atoms with van der Waals surface area (Å²) in [7, 11) is 0. The van der Waals surface area contributed by atoms with Gasteiger partial charge in [-0.3, -0.25) is 9.18 Å². The molecular weight excluding hydrogens is 219 g/mol. The van der Waals surface area contributed by atoms with Crippen LogP contribution in [0, 0.1) is 0 Å². The van der Waals surface area contributed by atoms with Gasteiger partial charge in [-0.15, -0.1) is 0 Å². The highest BCUT2D eigenvalue weighted by atomic mass is 19.1. The fraction of sp³-hybridized carbons (Fsp3) is 0.308. The Kier molecular flexibility index (Phi) is 3.54. The van der Waals surface area contributed by atoms with Crippen LogP contribution in [-0.2, 0) is 13.1 Å². The Morgan fingerprint density at radius 1 is 1.29 bits per heavy atom. The third-order valence-electron chi connectivity index (χ3n) is 2.81. The SMILES string of the molecule is NCc1cc2ccccc2n(CCCF)c1=O. The Labute approximate surface area is 98.7 Å². The summed E-state index contributed by atoms with van der Waals surface area (Å²) < 4.78 is 13.9. The van der Waals surface area contributed by atoms with E-state index >= 15 is 0 Å². The van der Waals surface area contributed by atoms with Crippen molar-refractivity contribution in [2.24, 2.45) is 5.73 Å². The van der Waals surface area contributed by atoms with E-state index in [1.165, 1.54) is 0 Å². The van der Waals surface area contributed by atoms with Crippen LogP contribution in [0.1, 0.15) is 12.0 Å². The van der Waals surface area contributed by atoms with Gasteiger partial charge >= 0.3 is 0 Å². The highest BCUT2D eigenvalue weighted by Crippen LogP contribution is 2.13. The molecule has 0 aliphatic carbocycles. The fourth-order valence-electron chi connectivity index (χ4n) is 1.97. The molecule has 90 valence electrons. The smallest absolute Gasteiger partial charge is 0.255 e. The van der Waals surface area contributed by atoms with E-state index in [0.717, 1.165) is 10.9 Å². The molecule has 0 atom stereocenters. The first-order chi connectivity index (χ1) is 8.27. The molecule has 0 unspecified atom stereocenters. The highest BCUT2D eigenvalue weighted by molar-refractivity contribution is 5.79. The minimum atomic E-state index is -0.423. The molecule has 0 bridgehead atoms. The number of aryl methyl sites for hydroxylation is 1. The zero-order chi connectivity index (χ0) is 12.3. The van der Waals surface area contributed by atoms with Crippen LogP contribution in [0.5, 0.6) is 0 Å². The molecule has 1 aromatic carbocycles. The van der Waals surface area contributed by atoms with Crippen LogP contribution in [0.2, 0.25) is 0 Å². The molecule has 0 saturated heterocycles. The molecule has 3 nitrogen and oxygen atoms in total. The Hall–Kier alpha value is -1.68. The van der Waals surface area contributed by atoms with Crippen molar-refractivity contribution in [1.29, 1.82) is 0 Å². The summed E-state index contributed by atoms with van der Waals surface area (Å²) >= 11 is 0. The zero-order valence-corrected chi connectivity index (χ0v) is 9.53. The summed E-state index contributed by atoms with van der Waals surface area (Å²) in [6.45, 7) is 0.177. The van der Waals surface area contributed by atoms with E-state index in [0.29, 0.717) is 18.5 Å². The molecule has 2 N–H and O–H groups in total. The van der Waals surface area contributed by atoms with Crippen LogP contribution >= 0.6 is 0 Å². The lowest BCUT2D eigenvalue weighted by Crippen LogP contribution is -2.26. The number of nitrogens with zero attached hydrogens (tertiary/aromatic N) is 1. The first-order valence-electron chi connectivity index (χ1n) is 5.65. The van der Waals surface area contributed by atoms with Crippen molar-refractivity contribution in [3.8, 4) is 0 Å². The van der Waals surface area contributed by atoms with Crippen LogP contribution in [0.25, 0.3) is 10.9 Å². The van der Waals surface area contributed by atoms with Crippen molar-refractivity contribution in [1.82, 2.24) is 4.57 Å². The number of benzene rings is 1. The van der Waals surface area contributed by atoms with Crippen molar-refractivity contribution < 1.29 is 4.39 Å². The number of pyridine rings is 1. The molecule has 0 amide bonds. The van der Waals surface area contributed by atoms with Crippen molar-refractivity contribution in [3.05, 3.63) is 46.2 Å². The molecule has 1 aromatic heterocycles. The van der Waals surface area contributed by atoms with E-state index in [9.17, 15) is 9.18 Å².